The van der Waals surface area contributed by atoms with Gasteiger partial charge in [-0.25, -0.2) is 4.79 Å². The van der Waals surface area contributed by atoms with Crippen LogP contribution < -0.4 is 0 Å². The molecular formula is C12H21NO5. The summed E-state index contributed by atoms with van der Waals surface area (Å²) in [6.07, 6.45) is 0.0243. The van der Waals surface area contributed by atoms with E-state index >= 15 is 0 Å². The topological polar surface area (TPSA) is 72.9 Å². The van der Waals surface area contributed by atoms with Gasteiger partial charge in [-0.15, -0.1) is 0 Å². The van der Waals surface area contributed by atoms with Gasteiger partial charge in [-0.05, 0) is 27.7 Å². The normalized spacial score (nSPS) is 12.6. The van der Waals surface area contributed by atoms with Crippen LogP contribution in [0.25, 0.3) is 0 Å². The van der Waals surface area contributed by atoms with Crippen LogP contribution in [0.5, 0.6) is 0 Å². The highest BCUT2D eigenvalue weighted by molar-refractivity contribution is 6.32. The van der Waals surface area contributed by atoms with Crippen molar-refractivity contribution in [1.29, 1.82) is 0 Å². The van der Waals surface area contributed by atoms with Crippen molar-refractivity contribution in [2.24, 2.45) is 0 Å². The Hall–Kier alpha value is -1.59. The molecule has 0 aromatic heterocycles. The maximum absolute atomic E-state index is 11.6. The van der Waals surface area contributed by atoms with Gasteiger partial charge in [0.2, 0.25) is 0 Å². The summed E-state index contributed by atoms with van der Waals surface area (Å²) in [4.78, 5) is 35.2. The fourth-order valence-electron chi connectivity index (χ4n) is 1.19. The van der Waals surface area contributed by atoms with Crippen molar-refractivity contribution in [3.05, 3.63) is 0 Å². The molecule has 0 N–H and O–H groups in total. The number of likely N-dealkylation sites (N-methyl/N-ethyl adjacent to an activating group) is 1. The largest absolute Gasteiger partial charge is 0.462 e. The molecule has 0 aliphatic carbocycles. The minimum Gasteiger partial charge on any atom is -0.462 e. The number of hydrogen-bond acceptors (Lipinski definition) is 5. The quantitative estimate of drug-likeness (QED) is 0.552. The fourth-order valence-corrected chi connectivity index (χ4v) is 1.19. The van der Waals surface area contributed by atoms with Gasteiger partial charge in [-0.1, -0.05) is 0 Å². The summed E-state index contributed by atoms with van der Waals surface area (Å²) in [6, 6.07) is -0.438. The van der Waals surface area contributed by atoms with Crippen molar-refractivity contribution in [3.63, 3.8) is 0 Å². The number of ether oxygens (including phenoxy) is 2. The highest BCUT2D eigenvalue weighted by Crippen LogP contribution is 2.11. The molecule has 0 aromatic rings. The van der Waals surface area contributed by atoms with Crippen LogP contribution in [0, 0.1) is 0 Å². The summed E-state index contributed by atoms with van der Waals surface area (Å²) in [6.45, 7) is 6.95. The van der Waals surface area contributed by atoms with E-state index in [0.29, 0.717) is 0 Å². The average Bonchev–Trinajstić information content (AvgIpc) is 2.22. The molecule has 104 valence electrons. The lowest BCUT2D eigenvalue weighted by Crippen LogP contribution is -2.41. The maximum atomic E-state index is 11.6. The Morgan fingerprint density at radius 2 is 1.72 bits per heavy atom. The van der Waals surface area contributed by atoms with Crippen LogP contribution in [0.1, 0.15) is 34.1 Å². The Morgan fingerprint density at radius 3 is 2.11 bits per heavy atom. The zero-order chi connectivity index (χ0) is 14.5. The van der Waals surface area contributed by atoms with Crippen LogP contribution in [0.2, 0.25) is 0 Å². The standard InChI is InChI=1S/C12H21NO5/c1-8(7-9(14)18-12(2,3)4)13(5)10(15)11(16)17-6/h8H,7H2,1-6H3. The zero-order valence-electron chi connectivity index (χ0n) is 11.8. The average molecular weight is 259 g/mol. The molecular weight excluding hydrogens is 238 g/mol. The first-order valence-electron chi connectivity index (χ1n) is 5.65. The lowest BCUT2D eigenvalue weighted by atomic mass is 10.1. The van der Waals surface area contributed by atoms with Crippen molar-refractivity contribution >= 4 is 17.8 Å². The summed E-state index contributed by atoms with van der Waals surface area (Å²) in [5.74, 6) is -2.15. The number of hydrogen-bond donors (Lipinski definition) is 0. The second kappa shape index (κ2) is 6.37. The number of amides is 1. The van der Waals surface area contributed by atoms with Gasteiger partial charge in [0.15, 0.2) is 0 Å². The third-order valence-corrected chi connectivity index (χ3v) is 2.22. The molecule has 0 rings (SSSR count). The van der Waals surface area contributed by atoms with Crippen molar-refractivity contribution < 1.29 is 23.9 Å². The van der Waals surface area contributed by atoms with Gasteiger partial charge in [-0.3, -0.25) is 9.59 Å². The molecule has 6 heteroatoms. The van der Waals surface area contributed by atoms with Crippen LogP contribution in [0.15, 0.2) is 0 Å². The monoisotopic (exact) mass is 259 g/mol. The highest BCUT2D eigenvalue weighted by atomic mass is 16.6. The number of esters is 2. The minimum absolute atomic E-state index is 0.0243. The van der Waals surface area contributed by atoms with E-state index < -0.39 is 29.5 Å². The molecule has 1 atom stereocenters. The predicted octanol–water partition coefficient (Wildman–Crippen LogP) is 0.738. The molecule has 0 aromatic carbocycles. The van der Waals surface area contributed by atoms with Gasteiger partial charge in [0.25, 0.3) is 0 Å². The summed E-state index contributed by atoms with van der Waals surface area (Å²) < 4.78 is 9.45. The van der Waals surface area contributed by atoms with Crippen LogP contribution in [0.3, 0.4) is 0 Å². The molecule has 0 spiro atoms. The van der Waals surface area contributed by atoms with Crippen molar-refractivity contribution in [2.75, 3.05) is 14.2 Å². The molecule has 0 radical (unpaired) electrons. The third-order valence-electron chi connectivity index (χ3n) is 2.22. The molecule has 0 saturated carbocycles. The maximum Gasteiger partial charge on any atom is 0.396 e. The highest BCUT2D eigenvalue weighted by Gasteiger charge is 2.26. The Labute approximate surface area is 107 Å². The fraction of sp³-hybridized carbons (Fsp3) is 0.750. The van der Waals surface area contributed by atoms with Gasteiger partial charge in [0.1, 0.15) is 5.60 Å². The van der Waals surface area contributed by atoms with E-state index in [1.54, 1.807) is 27.7 Å². The van der Waals surface area contributed by atoms with Gasteiger partial charge < -0.3 is 14.4 Å². The van der Waals surface area contributed by atoms with Gasteiger partial charge in [-0.2, -0.15) is 0 Å². The first-order valence-corrected chi connectivity index (χ1v) is 5.65. The molecule has 1 amide bonds. The number of carbonyl (C=O) groups is 3. The molecule has 0 saturated heterocycles. The smallest absolute Gasteiger partial charge is 0.396 e. The summed E-state index contributed by atoms with van der Waals surface area (Å²) in [7, 11) is 2.57. The molecule has 0 bridgehead atoms. The number of rotatable bonds is 3. The minimum atomic E-state index is -0.950. The second-order valence-corrected chi connectivity index (χ2v) is 5.05. The Kier molecular flexibility index (Phi) is 5.81. The van der Waals surface area contributed by atoms with E-state index in [0.717, 1.165) is 12.0 Å². The van der Waals surface area contributed by atoms with E-state index in [9.17, 15) is 14.4 Å². The Morgan fingerprint density at radius 1 is 1.22 bits per heavy atom. The number of carbonyl (C=O) groups excluding carboxylic acids is 3. The second-order valence-electron chi connectivity index (χ2n) is 5.05. The van der Waals surface area contributed by atoms with Crippen LogP contribution in [-0.4, -0.2) is 48.5 Å². The van der Waals surface area contributed by atoms with Gasteiger partial charge in [0.05, 0.1) is 13.5 Å². The third kappa shape index (κ3) is 5.65. The van der Waals surface area contributed by atoms with E-state index in [1.807, 2.05) is 0 Å². The van der Waals surface area contributed by atoms with Crippen molar-refractivity contribution in [3.8, 4) is 0 Å². The molecule has 0 aliphatic rings. The molecule has 0 heterocycles. The summed E-state index contributed by atoms with van der Waals surface area (Å²) in [5.41, 5.74) is -0.568. The van der Waals surface area contributed by atoms with Crippen LogP contribution >= 0.6 is 0 Å². The van der Waals surface area contributed by atoms with E-state index in [4.69, 9.17) is 4.74 Å². The molecule has 1 unspecified atom stereocenters. The molecule has 0 aliphatic heterocycles. The van der Waals surface area contributed by atoms with Crippen molar-refractivity contribution in [2.45, 2.75) is 45.8 Å². The van der Waals surface area contributed by atoms with E-state index in [1.165, 1.54) is 7.05 Å². The SMILES string of the molecule is COC(=O)C(=O)N(C)C(C)CC(=O)OC(C)(C)C. The first kappa shape index (κ1) is 16.4. The molecule has 0 fully saturated rings. The first-order chi connectivity index (χ1) is 8.08. The lowest BCUT2D eigenvalue weighted by molar-refractivity contribution is -0.161. The number of nitrogens with zero attached hydrogens (tertiary/aromatic N) is 1. The Balaban J connectivity index is 4.41. The molecule has 6 nitrogen and oxygen atoms in total. The van der Waals surface area contributed by atoms with Crippen LogP contribution in [-0.2, 0) is 23.9 Å². The van der Waals surface area contributed by atoms with Gasteiger partial charge in [0, 0.05) is 13.1 Å². The van der Waals surface area contributed by atoms with E-state index in [2.05, 4.69) is 4.74 Å². The van der Waals surface area contributed by atoms with Crippen LogP contribution in [0.4, 0.5) is 0 Å². The lowest BCUT2D eigenvalue weighted by Gasteiger charge is -2.25. The zero-order valence-corrected chi connectivity index (χ0v) is 11.8. The Bertz CT molecular complexity index is 332. The van der Waals surface area contributed by atoms with Crippen molar-refractivity contribution in [1.82, 2.24) is 4.90 Å². The van der Waals surface area contributed by atoms with E-state index in [-0.39, 0.29) is 6.42 Å². The van der Waals surface area contributed by atoms with Gasteiger partial charge >= 0.3 is 17.8 Å². The number of methoxy groups -OCH3 is 1. The predicted molar refractivity (Wildman–Crippen MR) is 64.7 cm³/mol. The molecule has 18 heavy (non-hydrogen) atoms. The summed E-state index contributed by atoms with van der Waals surface area (Å²) in [5, 5.41) is 0. The summed E-state index contributed by atoms with van der Waals surface area (Å²) >= 11 is 0.